The fraction of sp³-hybridized carbons (Fsp3) is 0. The van der Waals surface area contributed by atoms with E-state index in [0.29, 0.717) is 0 Å². The highest BCUT2D eigenvalue weighted by atomic mass is 14.7. The van der Waals surface area contributed by atoms with Gasteiger partial charge in [0.2, 0.25) is 0 Å². The van der Waals surface area contributed by atoms with E-state index in [0.717, 1.165) is 22.5 Å². The van der Waals surface area contributed by atoms with E-state index in [1.165, 1.54) is 5.39 Å². The van der Waals surface area contributed by atoms with Gasteiger partial charge in [-0.3, -0.25) is 4.98 Å². The van der Waals surface area contributed by atoms with Crippen molar-refractivity contribution in [1.82, 2.24) is 9.97 Å². The van der Waals surface area contributed by atoms with Crippen LogP contribution in [0.1, 0.15) is 0 Å². The highest BCUT2D eigenvalue weighted by Gasteiger charge is 2.04. The molecule has 2 aromatic heterocycles. The Hall–Kier alpha value is -3.07. The molecule has 0 aliphatic carbocycles. The van der Waals surface area contributed by atoms with Gasteiger partial charge >= 0.3 is 0 Å². The number of nitrogens with two attached hydrogens (primary N) is 1. The average Bonchev–Trinajstić information content (AvgIpc) is 3.01. The molecule has 0 atom stereocenters. The molecule has 0 saturated heterocycles. The molecule has 2 heterocycles. The number of pyridine rings is 1. The molecule has 0 saturated carbocycles. The van der Waals surface area contributed by atoms with Crippen molar-refractivity contribution in [3.63, 3.8) is 0 Å². The minimum absolute atomic E-state index is 0.800. The van der Waals surface area contributed by atoms with Gasteiger partial charge in [-0.05, 0) is 30.3 Å². The highest BCUT2D eigenvalue weighted by Crippen LogP contribution is 2.27. The number of H-pyrrole nitrogens is 1. The number of nitrogens with one attached hydrogen (secondary N) is 1. The summed E-state index contributed by atoms with van der Waals surface area (Å²) in [6, 6.07) is 23.9. The highest BCUT2D eigenvalue weighted by molar-refractivity contribution is 5.88. The zero-order chi connectivity index (χ0) is 15.2. The van der Waals surface area contributed by atoms with Gasteiger partial charge < -0.3 is 10.7 Å². The molecule has 0 bridgehead atoms. The SMILES string of the molecule is Nc1ccccc1-c1cc2ccccc2[nH]1.c1ccncc1. The smallest absolute Gasteiger partial charge is 0.0485 e. The van der Waals surface area contributed by atoms with Crippen molar-refractivity contribution in [2.24, 2.45) is 0 Å². The van der Waals surface area contributed by atoms with Crippen LogP contribution in [0.25, 0.3) is 22.2 Å². The third kappa shape index (κ3) is 3.15. The lowest BCUT2D eigenvalue weighted by atomic mass is 10.1. The third-order valence-corrected chi connectivity index (χ3v) is 3.35. The van der Waals surface area contributed by atoms with Gasteiger partial charge in [0.05, 0.1) is 0 Å². The predicted molar refractivity (Wildman–Crippen MR) is 92.4 cm³/mol. The Morgan fingerprint density at radius 1 is 0.773 bits per heavy atom. The number of nitrogen functional groups attached to an aromatic ring is 1. The molecule has 3 N–H and O–H groups in total. The van der Waals surface area contributed by atoms with Crippen molar-refractivity contribution < 1.29 is 0 Å². The molecule has 4 rings (SSSR count). The van der Waals surface area contributed by atoms with Crippen LogP contribution in [0, 0.1) is 0 Å². The van der Waals surface area contributed by atoms with Gasteiger partial charge in [-0.2, -0.15) is 0 Å². The van der Waals surface area contributed by atoms with E-state index in [1.54, 1.807) is 12.4 Å². The Bertz CT molecular complexity index is 791. The first kappa shape index (κ1) is 13.9. The topological polar surface area (TPSA) is 54.7 Å². The Kier molecular flexibility index (Phi) is 4.16. The summed E-state index contributed by atoms with van der Waals surface area (Å²) in [6.07, 6.45) is 3.50. The molecule has 0 amide bonds. The Morgan fingerprint density at radius 3 is 2.14 bits per heavy atom. The van der Waals surface area contributed by atoms with Gasteiger partial charge in [-0.25, -0.2) is 0 Å². The second-order valence-corrected chi connectivity index (χ2v) is 4.88. The molecule has 4 aromatic rings. The van der Waals surface area contributed by atoms with Gasteiger partial charge in [0.15, 0.2) is 0 Å². The number of hydrogen-bond acceptors (Lipinski definition) is 2. The average molecular weight is 287 g/mol. The molecular formula is C19H17N3. The second-order valence-electron chi connectivity index (χ2n) is 4.88. The minimum Gasteiger partial charge on any atom is -0.398 e. The van der Waals surface area contributed by atoms with Crippen LogP contribution in [0.4, 0.5) is 5.69 Å². The molecule has 22 heavy (non-hydrogen) atoms. The van der Waals surface area contributed by atoms with Gasteiger partial charge in [0, 0.05) is 40.2 Å². The molecule has 3 nitrogen and oxygen atoms in total. The first-order valence-corrected chi connectivity index (χ1v) is 7.12. The second kappa shape index (κ2) is 6.59. The molecule has 2 aromatic carbocycles. The number of fused-ring (bicyclic) bond motifs is 1. The van der Waals surface area contributed by atoms with Crippen LogP contribution in [-0.4, -0.2) is 9.97 Å². The third-order valence-electron chi connectivity index (χ3n) is 3.35. The van der Waals surface area contributed by atoms with Crippen molar-refractivity contribution >= 4 is 16.6 Å². The Labute approximate surface area is 129 Å². The summed E-state index contributed by atoms with van der Waals surface area (Å²) in [5.74, 6) is 0. The lowest BCUT2D eigenvalue weighted by Crippen LogP contribution is -1.88. The number of hydrogen-bond donors (Lipinski definition) is 2. The van der Waals surface area contributed by atoms with Crippen molar-refractivity contribution in [3.8, 4) is 11.3 Å². The number of anilines is 1. The number of nitrogens with zero attached hydrogens (tertiary/aromatic N) is 1. The van der Waals surface area contributed by atoms with Crippen LogP contribution < -0.4 is 5.73 Å². The van der Waals surface area contributed by atoms with E-state index in [4.69, 9.17) is 5.73 Å². The quantitative estimate of drug-likeness (QED) is 0.506. The number of aromatic amines is 1. The van der Waals surface area contributed by atoms with Gasteiger partial charge in [0.1, 0.15) is 0 Å². The standard InChI is InChI=1S/C14H12N2.C5H5N/c15-12-7-3-2-6-11(12)14-9-10-5-1-4-8-13(10)16-14;1-2-4-6-5-3-1/h1-9,16H,15H2;1-5H. The first-order valence-electron chi connectivity index (χ1n) is 7.12. The van der Waals surface area contributed by atoms with Crippen molar-refractivity contribution in [2.75, 3.05) is 5.73 Å². The van der Waals surface area contributed by atoms with Crippen LogP contribution in [0.5, 0.6) is 0 Å². The van der Waals surface area contributed by atoms with Crippen molar-refractivity contribution in [1.29, 1.82) is 0 Å². The maximum Gasteiger partial charge on any atom is 0.0485 e. The van der Waals surface area contributed by atoms with Gasteiger partial charge in [-0.15, -0.1) is 0 Å². The van der Waals surface area contributed by atoms with Crippen molar-refractivity contribution in [2.45, 2.75) is 0 Å². The fourth-order valence-corrected chi connectivity index (χ4v) is 2.27. The normalized spacial score (nSPS) is 10.0. The van der Waals surface area contributed by atoms with Gasteiger partial charge in [0.25, 0.3) is 0 Å². The lowest BCUT2D eigenvalue weighted by molar-refractivity contribution is 1.33. The monoisotopic (exact) mass is 287 g/mol. The zero-order valence-electron chi connectivity index (χ0n) is 12.1. The van der Waals surface area contributed by atoms with Gasteiger partial charge in [-0.1, -0.05) is 42.5 Å². The summed E-state index contributed by atoms with van der Waals surface area (Å²) >= 11 is 0. The fourth-order valence-electron chi connectivity index (χ4n) is 2.27. The zero-order valence-corrected chi connectivity index (χ0v) is 12.1. The summed E-state index contributed by atoms with van der Waals surface area (Å²) < 4.78 is 0. The molecule has 0 fully saturated rings. The maximum atomic E-state index is 5.95. The van der Waals surface area contributed by atoms with Crippen LogP contribution in [0.2, 0.25) is 0 Å². The van der Waals surface area contributed by atoms with Crippen LogP contribution in [0.15, 0.2) is 85.2 Å². The summed E-state index contributed by atoms with van der Waals surface area (Å²) in [6.45, 7) is 0. The number of para-hydroxylation sites is 2. The molecule has 3 heteroatoms. The summed E-state index contributed by atoms with van der Waals surface area (Å²) in [5.41, 5.74) is 10.0. The summed E-state index contributed by atoms with van der Waals surface area (Å²) in [4.78, 5) is 7.16. The maximum absolute atomic E-state index is 5.95. The van der Waals surface area contributed by atoms with Crippen LogP contribution >= 0.6 is 0 Å². The van der Waals surface area contributed by atoms with E-state index >= 15 is 0 Å². The predicted octanol–water partition coefficient (Wildman–Crippen LogP) is 4.50. The Morgan fingerprint density at radius 2 is 1.50 bits per heavy atom. The largest absolute Gasteiger partial charge is 0.398 e. The molecule has 0 spiro atoms. The number of benzene rings is 2. The van der Waals surface area contributed by atoms with E-state index in [1.807, 2.05) is 54.6 Å². The first-order chi connectivity index (χ1) is 10.8. The van der Waals surface area contributed by atoms with E-state index < -0.39 is 0 Å². The molecule has 0 radical (unpaired) electrons. The minimum atomic E-state index is 0.800. The number of rotatable bonds is 1. The molecule has 0 aliphatic rings. The Balaban J connectivity index is 0.000000202. The van der Waals surface area contributed by atoms with Crippen LogP contribution in [0.3, 0.4) is 0 Å². The van der Waals surface area contributed by atoms with Crippen molar-refractivity contribution in [3.05, 3.63) is 85.2 Å². The molecular weight excluding hydrogens is 270 g/mol. The van der Waals surface area contributed by atoms with E-state index in [9.17, 15) is 0 Å². The summed E-state index contributed by atoms with van der Waals surface area (Å²) in [5, 5.41) is 1.21. The number of aromatic nitrogens is 2. The summed E-state index contributed by atoms with van der Waals surface area (Å²) in [7, 11) is 0. The van der Waals surface area contributed by atoms with E-state index in [2.05, 4.69) is 28.2 Å². The molecule has 0 unspecified atom stereocenters. The van der Waals surface area contributed by atoms with Crippen LogP contribution in [-0.2, 0) is 0 Å². The molecule has 108 valence electrons. The lowest BCUT2D eigenvalue weighted by Gasteiger charge is -2.01. The molecule has 0 aliphatic heterocycles. The van der Waals surface area contributed by atoms with E-state index in [-0.39, 0.29) is 0 Å².